The van der Waals surface area contributed by atoms with Crippen molar-refractivity contribution in [2.75, 3.05) is 29.0 Å². The zero-order valence-electron chi connectivity index (χ0n) is 15.5. The molecule has 0 atom stereocenters. The number of anilines is 2. The van der Waals surface area contributed by atoms with Crippen molar-refractivity contribution in [2.24, 2.45) is 0 Å². The van der Waals surface area contributed by atoms with Crippen LogP contribution < -0.4 is 14.4 Å². The van der Waals surface area contributed by atoms with Crippen LogP contribution in [0.25, 0.3) is 0 Å². The van der Waals surface area contributed by atoms with Gasteiger partial charge in [-0.3, -0.25) is 9.10 Å². The first kappa shape index (κ1) is 22.8. The Labute approximate surface area is 171 Å². The predicted octanol–water partition coefficient (Wildman–Crippen LogP) is 4.16. The van der Waals surface area contributed by atoms with E-state index in [1.165, 1.54) is 6.07 Å². The number of carbonyl (C=O) groups excluding carboxylic acids is 1. The average molecular weight is 451 g/mol. The summed E-state index contributed by atoms with van der Waals surface area (Å²) >= 11 is 5.87. The number of nitrogens with one attached hydrogen (secondary N) is 1. The fourth-order valence-electron chi connectivity index (χ4n) is 2.44. The van der Waals surface area contributed by atoms with Gasteiger partial charge in [-0.25, -0.2) is 8.42 Å². The molecular formula is C18H18ClF3N2O4S. The second-order valence-electron chi connectivity index (χ2n) is 5.91. The number of halogens is 4. The van der Waals surface area contributed by atoms with E-state index in [1.54, 1.807) is 25.1 Å². The Hall–Kier alpha value is -2.46. The first-order valence-corrected chi connectivity index (χ1v) is 10.5. The van der Waals surface area contributed by atoms with E-state index < -0.39 is 34.2 Å². The molecule has 0 aliphatic heterocycles. The zero-order valence-corrected chi connectivity index (χ0v) is 17.0. The van der Waals surface area contributed by atoms with E-state index in [-0.39, 0.29) is 28.8 Å². The van der Waals surface area contributed by atoms with Gasteiger partial charge in [0.15, 0.2) is 0 Å². The Balaban J connectivity index is 2.32. The van der Waals surface area contributed by atoms with Gasteiger partial charge in [0.1, 0.15) is 12.3 Å². The minimum Gasteiger partial charge on any atom is -0.492 e. The summed E-state index contributed by atoms with van der Waals surface area (Å²) in [4.78, 5) is 12.4. The number of amides is 1. The number of hydrogen-bond donors (Lipinski definition) is 1. The number of hydrogen-bond acceptors (Lipinski definition) is 4. The quantitative estimate of drug-likeness (QED) is 0.687. The number of para-hydroxylation sites is 2. The minimum atomic E-state index is -4.63. The molecule has 158 valence electrons. The number of sulfonamides is 1. The van der Waals surface area contributed by atoms with Crippen LogP contribution in [0.4, 0.5) is 24.5 Å². The number of benzene rings is 2. The Morgan fingerprint density at radius 1 is 1.21 bits per heavy atom. The van der Waals surface area contributed by atoms with Gasteiger partial charge in [0.25, 0.3) is 0 Å². The summed E-state index contributed by atoms with van der Waals surface area (Å²) in [7, 11) is -3.91. The second kappa shape index (κ2) is 8.91. The van der Waals surface area contributed by atoms with E-state index >= 15 is 0 Å². The van der Waals surface area contributed by atoms with Crippen LogP contribution in [0.3, 0.4) is 0 Å². The molecule has 11 heteroatoms. The van der Waals surface area contributed by atoms with Crippen molar-refractivity contribution in [2.45, 2.75) is 13.1 Å². The maximum atomic E-state index is 12.9. The van der Waals surface area contributed by atoms with Crippen LogP contribution >= 0.6 is 11.6 Å². The highest BCUT2D eigenvalue weighted by molar-refractivity contribution is 7.92. The largest absolute Gasteiger partial charge is 0.492 e. The van der Waals surface area contributed by atoms with Gasteiger partial charge in [0.05, 0.1) is 34.8 Å². The maximum absolute atomic E-state index is 12.9. The number of nitrogens with zero attached hydrogens (tertiary/aromatic N) is 1. The van der Waals surface area contributed by atoms with Crippen molar-refractivity contribution in [3.63, 3.8) is 0 Å². The molecule has 29 heavy (non-hydrogen) atoms. The van der Waals surface area contributed by atoms with Crippen molar-refractivity contribution in [3.8, 4) is 5.75 Å². The molecule has 1 amide bonds. The summed E-state index contributed by atoms with van der Waals surface area (Å²) in [6.07, 6.45) is -3.72. The van der Waals surface area contributed by atoms with Gasteiger partial charge in [0.2, 0.25) is 15.9 Å². The Morgan fingerprint density at radius 3 is 2.45 bits per heavy atom. The zero-order chi connectivity index (χ0) is 21.8. The lowest BCUT2D eigenvalue weighted by Gasteiger charge is -2.24. The smallest absolute Gasteiger partial charge is 0.416 e. The normalized spacial score (nSPS) is 11.8. The Morgan fingerprint density at radius 2 is 1.86 bits per heavy atom. The van der Waals surface area contributed by atoms with Crippen molar-refractivity contribution in [1.29, 1.82) is 0 Å². The molecule has 0 aliphatic carbocycles. The summed E-state index contributed by atoms with van der Waals surface area (Å²) in [6, 6.07) is 8.65. The van der Waals surface area contributed by atoms with Crippen molar-refractivity contribution in [1.82, 2.24) is 0 Å². The van der Waals surface area contributed by atoms with Gasteiger partial charge in [-0.1, -0.05) is 23.7 Å². The van der Waals surface area contributed by atoms with Gasteiger partial charge in [0, 0.05) is 0 Å². The van der Waals surface area contributed by atoms with Crippen molar-refractivity contribution < 1.29 is 31.1 Å². The lowest BCUT2D eigenvalue weighted by molar-refractivity contribution is -0.137. The number of ether oxygens (including phenoxy) is 1. The van der Waals surface area contributed by atoms with Gasteiger partial charge in [-0.2, -0.15) is 13.2 Å². The molecule has 0 bridgehead atoms. The fourth-order valence-corrected chi connectivity index (χ4v) is 3.46. The van der Waals surface area contributed by atoms with Crippen LogP contribution in [0, 0.1) is 0 Å². The Kier molecular flexibility index (Phi) is 7.02. The molecule has 1 N–H and O–H groups in total. The van der Waals surface area contributed by atoms with E-state index in [2.05, 4.69) is 5.32 Å². The van der Waals surface area contributed by atoms with Crippen LogP contribution in [0.15, 0.2) is 42.5 Å². The molecule has 0 aliphatic rings. The van der Waals surface area contributed by atoms with E-state index in [0.717, 1.165) is 22.7 Å². The van der Waals surface area contributed by atoms with Gasteiger partial charge >= 0.3 is 6.18 Å². The summed E-state index contributed by atoms with van der Waals surface area (Å²) < 4.78 is 69.3. The fraction of sp³-hybridized carbons (Fsp3) is 0.278. The first-order valence-electron chi connectivity index (χ1n) is 8.29. The molecule has 0 heterocycles. The highest BCUT2D eigenvalue weighted by Gasteiger charge is 2.31. The van der Waals surface area contributed by atoms with Crippen LogP contribution in [-0.4, -0.2) is 33.7 Å². The van der Waals surface area contributed by atoms with Crippen molar-refractivity contribution >= 4 is 38.9 Å². The molecule has 2 aromatic rings. The number of alkyl halides is 3. The van der Waals surface area contributed by atoms with Gasteiger partial charge in [-0.15, -0.1) is 0 Å². The van der Waals surface area contributed by atoms with Gasteiger partial charge < -0.3 is 10.1 Å². The monoisotopic (exact) mass is 450 g/mol. The summed E-state index contributed by atoms with van der Waals surface area (Å²) in [5.74, 6) is -0.631. The lowest BCUT2D eigenvalue weighted by Crippen LogP contribution is -2.37. The third kappa shape index (κ3) is 6.01. The third-order valence-corrected chi connectivity index (χ3v) is 5.15. The van der Waals surface area contributed by atoms with E-state index in [4.69, 9.17) is 16.3 Å². The molecule has 0 saturated heterocycles. The van der Waals surface area contributed by atoms with E-state index in [9.17, 15) is 26.4 Å². The maximum Gasteiger partial charge on any atom is 0.416 e. The first-order chi connectivity index (χ1) is 13.4. The average Bonchev–Trinajstić information content (AvgIpc) is 2.61. The minimum absolute atomic E-state index is 0.119. The Bertz CT molecular complexity index is 997. The molecule has 0 fully saturated rings. The molecule has 0 spiro atoms. The topological polar surface area (TPSA) is 75.7 Å². The number of carbonyl (C=O) groups is 1. The molecule has 2 rings (SSSR count). The van der Waals surface area contributed by atoms with Crippen LogP contribution in [-0.2, 0) is 21.0 Å². The van der Waals surface area contributed by atoms with Crippen LogP contribution in [0.2, 0.25) is 5.02 Å². The van der Waals surface area contributed by atoms with Crippen LogP contribution in [0.1, 0.15) is 12.5 Å². The highest BCUT2D eigenvalue weighted by atomic mass is 35.5. The summed E-state index contributed by atoms with van der Waals surface area (Å²) in [5, 5.41) is 2.11. The number of rotatable bonds is 7. The third-order valence-electron chi connectivity index (χ3n) is 3.69. The summed E-state index contributed by atoms with van der Waals surface area (Å²) in [6.45, 7) is 1.29. The van der Waals surface area contributed by atoms with Gasteiger partial charge in [-0.05, 0) is 37.3 Å². The van der Waals surface area contributed by atoms with Crippen molar-refractivity contribution in [3.05, 3.63) is 53.1 Å². The molecule has 0 radical (unpaired) electrons. The molecular weight excluding hydrogens is 433 g/mol. The molecule has 2 aromatic carbocycles. The molecule has 0 aromatic heterocycles. The SMILES string of the molecule is CCOc1ccccc1N(CC(=O)Nc1cc(C(F)(F)F)ccc1Cl)S(C)(=O)=O. The lowest BCUT2D eigenvalue weighted by atomic mass is 10.2. The standard InChI is InChI=1S/C18H18ClF3N2O4S/c1-3-28-16-7-5-4-6-15(16)24(29(2,26)27)11-17(25)23-14-10-12(18(20,21)22)8-9-13(14)19/h4-10H,3,11H2,1-2H3,(H,23,25). The van der Waals surface area contributed by atoms with E-state index in [0.29, 0.717) is 6.07 Å². The summed E-state index contributed by atoms with van der Waals surface area (Å²) in [5.41, 5.74) is -1.15. The molecule has 6 nitrogen and oxygen atoms in total. The predicted molar refractivity (Wildman–Crippen MR) is 105 cm³/mol. The highest BCUT2D eigenvalue weighted by Crippen LogP contribution is 2.34. The molecule has 0 saturated carbocycles. The second-order valence-corrected chi connectivity index (χ2v) is 8.22. The van der Waals surface area contributed by atoms with E-state index in [1.807, 2.05) is 0 Å². The molecule has 0 unspecified atom stereocenters. The van der Waals surface area contributed by atoms with Crippen LogP contribution in [0.5, 0.6) is 5.75 Å².